The van der Waals surface area contributed by atoms with E-state index in [4.69, 9.17) is 5.21 Å². The van der Waals surface area contributed by atoms with Crippen LogP contribution >= 0.6 is 0 Å². The molecule has 0 saturated carbocycles. The highest BCUT2D eigenvalue weighted by Crippen LogP contribution is 2.02. The van der Waals surface area contributed by atoms with E-state index < -0.39 is 0 Å². The lowest BCUT2D eigenvalue weighted by atomic mass is 10.1. The van der Waals surface area contributed by atoms with Gasteiger partial charge in [0.2, 0.25) is 0 Å². The minimum atomic E-state index is -0.0716. The highest BCUT2D eigenvalue weighted by atomic mass is 16.4. The smallest absolute Gasteiger partial charge is 0.168 e. The van der Waals surface area contributed by atoms with Gasteiger partial charge in [-0.25, -0.2) is 0 Å². The Kier molecular flexibility index (Phi) is 3.14. The molecule has 1 aromatic heterocycles. The van der Waals surface area contributed by atoms with E-state index in [0.717, 1.165) is 0 Å². The SMILES string of the molecule is C/C(CC(=O)c1ccncc1)=N\O. The minimum absolute atomic E-state index is 0.0716. The lowest BCUT2D eigenvalue weighted by Crippen LogP contribution is -2.05. The highest BCUT2D eigenvalue weighted by Gasteiger charge is 2.06. The molecule has 1 heterocycles. The summed E-state index contributed by atoms with van der Waals surface area (Å²) >= 11 is 0. The average molecular weight is 178 g/mol. The molecular formula is C9H10N2O2. The van der Waals surface area contributed by atoms with E-state index in [1.165, 1.54) is 0 Å². The van der Waals surface area contributed by atoms with Gasteiger partial charge in [0.05, 0.1) is 12.1 Å². The van der Waals surface area contributed by atoms with Crippen LogP contribution in [0.1, 0.15) is 23.7 Å². The zero-order valence-corrected chi connectivity index (χ0v) is 7.27. The fourth-order valence-electron chi connectivity index (χ4n) is 0.908. The number of carbonyl (C=O) groups excluding carboxylic acids is 1. The number of nitrogens with zero attached hydrogens (tertiary/aromatic N) is 2. The zero-order chi connectivity index (χ0) is 9.68. The van der Waals surface area contributed by atoms with Crippen LogP contribution in [0, 0.1) is 0 Å². The van der Waals surface area contributed by atoms with E-state index in [2.05, 4.69) is 10.1 Å². The predicted molar refractivity (Wildman–Crippen MR) is 48.1 cm³/mol. The average Bonchev–Trinajstić information content (AvgIpc) is 2.19. The first kappa shape index (κ1) is 9.38. The van der Waals surface area contributed by atoms with E-state index >= 15 is 0 Å². The molecule has 4 heteroatoms. The predicted octanol–water partition coefficient (Wildman–Crippen LogP) is 1.50. The third-order valence-corrected chi connectivity index (χ3v) is 1.59. The van der Waals surface area contributed by atoms with Gasteiger partial charge < -0.3 is 5.21 Å². The molecule has 13 heavy (non-hydrogen) atoms. The van der Waals surface area contributed by atoms with Crippen molar-refractivity contribution in [2.75, 3.05) is 0 Å². The van der Waals surface area contributed by atoms with Crippen molar-refractivity contribution in [2.24, 2.45) is 5.16 Å². The number of ketones is 1. The van der Waals surface area contributed by atoms with Crippen LogP contribution in [0.3, 0.4) is 0 Å². The van der Waals surface area contributed by atoms with Gasteiger partial charge >= 0.3 is 0 Å². The monoisotopic (exact) mass is 178 g/mol. The lowest BCUT2D eigenvalue weighted by molar-refractivity contribution is 0.0999. The molecule has 0 atom stereocenters. The van der Waals surface area contributed by atoms with E-state index in [1.54, 1.807) is 31.5 Å². The van der Waals surface area contributed by atoms with Gasteiger partial charge in [-0.2, -0.15) is 0 Å². The van der Waals surface area contributed by atoms with Crippen molar-refractivity contribution in [1.82, 2.24) is 4.98 Å². The van der Waals surface area contributed by atoms with Crippen molar-refractivity contribution in [3.05, 3.63) is 30.1 Å². The molecule has 0 saturated heterocycles. The molecule has 0 unspecified atom stereocenters. The number of Topliss-reactive ketones (excluding diaryl/α,β-unsaturated/α-hetero) is 1. The van der Waals surface area contributed by atoms with Crippen LogP contribution in [0.2, 0.25) is 0 Å². The molecule has 0 aliphatic rings. The lowest BCUT2D eigenvalue weighted by Gasteiger charge is -1.97. The van der Waals surface area contributed by atoms with E-state index in [-0.39, 0.29) is 12.2 Å². The largest absolute Gasteiger partial charge is 0.411 e. The molecule has 0 amide bonds. The number of oxime groups is 1. The molecule has 0 bridgehead atoms. The Morgan fingerprint density at radius 3 is 2.69 bits per heavy atom. The van der Waals surface area contributed by atoms with Crippen LogP contribution in [0.15, 0.2) is 29.7 Å². The second-order valence-electron chi connectivity index (χ2n) is 2.67. The maximum absolute atomic E-state index is 11.4. The summed E-state index contributed by atoms with van der Waals surface area (Å²) in [6.07, 6.45) is 3.25. The van der Waals surface area contributed by atoms with Gasteiger partial charge in [-0.1, -0.05) is 5.16 Å². The maximum Gasteiger partial charge on any atom is 0.168 e. The molecule has 0 aliphatic heterocycles. The molecule has 1 rings (SSSR count). The second kappa shape index (κ2) is 4.35. The van der Waals surface area contributed by atoms with E-state index in [1.807, 2.05) is 0 Å². The van der Waals surface area contributed by atoms with Gasteiger partial charge in [-0.3, -0.25) is 9.78 Å². The minimum Gasteiger partial charge on any atom is -0.411 e. The van der Waals surface area contributed by atoms with Crippen LogP contribution in [0.4, 0.5) is 0 Å². The Morgan fingerprint density at radius 2 is 2.15 bits per heavy atom. The molecule has 1 N–H and O–H groups in total. The molecule has 0 aromatic carbocycles. The first-order valence-corrected chi connectivity index (χ1v) is 3.85. The number of carbonyl (C=O) groups is 1. The molecule has 0 fully saturated rings. The summed E-state index contributed by atoms with van der Waals surface area (Å²) in [7, 11) is 0. The second-order valence-corrected chi connectivity index (χ2v) is 2.67. The third kappa shape index (κ3) is 2.66. The van der Waals surface area contributed by atoms with E-state index in [0.29, 0.717) is 11.3 Å². The van der Waals surface area contributed by atoms with Gasteiger partial charge in [0, 0.05) is 18.0 Å². The summed E-state index contributed by atoms with van der Waals surface area (Å²) in [5.41, 5.74) is 0.986. The first-order chi connectivity index (χ1) is 6.24. The standard InChI is InChI=1S/C9H10N2O2/c1-7(11-13)6-9(12)8-2-4-10-5-3-8/h2-5,13H,6H2,1H3/b11-7+. The summed E-state index contributed by atoms with van der Waals surface area (Å²) in [5.74, 6) is -0.0716. The van der Waals surface area contributed by atoms with Crippen molar-refractivity contribution in [1.29, 1.82) is 0 Å². The van der Waals surface area contributed by atoms with Crippen molar-refractivity contribution < 1.29 is 10.0 Å². The number of hydrogen-bond acceptors (Lipinski definition) is 4. The molecule has 68 valence electrons. The van der Waals surface area contributed by atoms with Gasteiger partial charge in [-0.15, -0.1) is 0 Å². The number of aromatic nitrogens is 1. The summed E-state index contributed by atoms with van der Waals surface area (Å²) in [5, 5.41) is 11.3. The maximum atomic E-state index is 11.4. The normalized spacial score (nSPS) is 11.3. The van der Waals surface area contributed by atoms with Crippen LogP contribution < -0.4 is 0 Å². The third-order valence-electron chi connectivity index (χ3n) is 1.59. The Labute approximate surface area is 75.9 Å². The van der Waals surface area contributed by atoms with Crippen molar-refractivity contribution in [3.8, 4) is 0 Å². The zero-order valence-electron chi connectivity index (χ0n) is 7.27. The molecule has 0 spiro atoms. The number of rotatable bonds is 3. The summed E-state index contributed by atoms with van der Waals surface area (Å²) in [6, 6.07) is 3.26. The number of pyridine rings is 1. The molecule has 0 aliphatic carbocycles. The molecule has 1 aromatic rings. The summed E-state index contributed by atoms with van der Waals surface area (Å²) in [6.45, 7) is 1.60. The molecule has 4 nitrogen and oxygen atoms in total. The fraction of sp³-hybridized carbons (Fsp3) is 0.222. The topological polar surface area (TPSA) is 62.5 Å². The Bertz CT molecular complexity index is 320. The Morgan fingerprint density at radius 1 is 1.54 bits per heavy atom. The molecular weight excluding hydrogens is 168 g/mol. The quantitative estimate of drug-likeness (QED) is 0.330. The van der Waals surface area contributed by atoms with Gasteiger partial charge in [0.15, 0.2) is 5.78 Å². The Balaban J connectivity index is 2.70. The van der Waals surface area contributed by atoms with Crippen LogP contribution in [-0.4, -0.2) is 21.7 Å². The van der Waals surface area contributed by atoms with Crippen molar-refractivity contribution in [2.45, 2.75) is 13.3 Å². The van der Waals surface area contributed by atoms with Crippen molar-refractivity contribution >= 4 is 11.5 Å². The van der Waals surface area contributed by atoms with Gasteiger partial charge in [0.1, 0.15) is 0 Å². The number of hydrogen-bond donors (Lipinski definition) is 1. The van der Waals surface area contributed by atoms with Gasteiger partial charge in [-0.05, 0) is 19.1 Å². The molecule has 0 radical (unpaired) electrons. The van der Waals surface area contributed by atoms with Gasteiger partial charge in [0.25, 0.3) is 0 Å². The van der Waals surface area contributed by atoms with Crippen molar-refractivity contribution in [3.63, 3.8) is 0 Å². The van der Waals surface area contributed by atoms with Crippen LogP contribution in [0.5, 0.6) is 0 Å². The summed E-state index contributed by atoms with van der Waals surface area (Å²) < 4.78 is 0. The summed E-state index contributed by atoms with van der Waals surface area (Å²) in [4.78, 5) is 15.2. The fourth-order valence-corrected chi connectivity index (χ4v) is 0.908. The first-order valence-electron chi connectivity index (χ1n) is 3.85. The van der Waals surface area contributed by atoms with Crippen LogP contribution in [-0.2, 0) is 0 Å². The highest BCUT2D eigenvalue weighted by molar-refractivity contribution is 6.08. The van der Waals surface area contributed by atoms with Crippen LogP contribution in [0.25, 0.3) is 0 Å². The Hall–Kier alpha value is -1.71. The van der Waals surface area contributed by atoms with E-state index in [9.17, 15) is 4.79 Å².